The minimum absolute atomic E-state index is 0.0215. The summed E-state index contributed by atoms with van der Waals surface area (Å²) in [5.74, 6) is 0. The van der Waals surface area contributed by atoms with E-state index in [0.29, 0.717) is 0 Å². The van der Waals surface area contributed by atoms with Crippen LogP contribution in [0, 0.1) is 0 Å². The second kappa shape index (κ2) is 5.12. The fourth-order valence-electron chi connectivity index (χ4n) is 0.998. The fourth-order valence-corrected chi connectivity index (χ4v) is 4.13. The van der Waals surface area contributed by atoms with E-state index < -0.39 is 22.4 Å². The minimum atomic E-state index is -4.84. The first kappa shape index (κ1) is 13.4. The van der Waals surface area contributed by atoms with Crippen LogP contribution in [0.5, 0.6) is 0 Å². The molecule has 0 spiro atoms. The summed E-state index contributed by atoms with van der Waals surface area (Å²) in [5, 5.41) is 0. The van der Waals surface area contributed by atoms with Crippen LogP contribution in [0.1, 0.15) is 13.3 Å². The molecule has 1 rings (SSSR count). The van der Waals surface area contributed by atoms with Gasteiger partial charge in [-0.05, 0) is 0 Å². The second-order valence-electron chi connectivity index (χ2n) is 2.68. The molecule has 7 nitrogen and oxygen atoms in total. The van der Waals surface area contributed by atoms with Crippen LogP contribution in [-0.2, 0) is 22.4 Å². The monoisotopic (exact) mass is 266 g/mol. The number of alkyl halides is 1. The molecule has 0 bridgehead atoms. The molecule has 1 aliphatic heterocycles. The number of phosphoric acid groups is 1. The van der Waals surface area contributed by atoms with Crippen molar-refractivity contribution in [2.75, 3.05) is 13.2 Å². The molecule has 0 aliphatic carbocycles. The first-order valence-corrected chi connectivity index (χ1v) is 7.39. The summed E-state index contributed by atoms with van der Waals surface area (Å²) in [6.45, 7) is 1.53. The van der Waals surface area contributed by atoms with Gasteiger partial charge in [0.25, 0.3) is 0 Å². The number of halogens is 1. The zero-order chi connectivity index (χ0) is 11.5. The van der Waals surface area contributed by atoms with Gasteiger partial charge in [-0.3, -0.25) is 0 Å². The quantitative estimate of drug-likeness (QED) is 0.740. The fraction of sp³-hybridized carbons (Fsp3) is 1.00. The summed E-state index contributed by atoms with van der Waals surface area (Å²) in [7, 11) is -8.86. The Morgan fingerprint density at radius 3 is 2.80 bits per heavy atom. The molecular formula is C5H13FO7P2. The molecule has 0 aromatic carbocycles. The third kappa shape index (κ3) is 4.38. The normalized spacial score (nSPS) is 28.7. The average Bonchev–Trinajstić information content (AvgIpc) is 1.99. The third-order valence-electron chi connectivity index (χ3n) is 1.45. The zero-order valence-electron chi connectivity index (χ0n) is 7.96. The van der Waals surface area contributed by atoms with Gasteiger partial charge < -0.3 is 0 Å². The Morgan fingerprint density at radius 2 is 2.33 bits per heavy atom. The maximum atomic E-state index is 12.9. The van der Waals surface area contributed by atoms with E-state index in [1.54, 1.807) is 6.92 Å². The summed E-state index contributed by atoms with van der Waals surface area (Å²) in [6, 6.07) is 0. The molecule has 0 aromatic rings. The van der Waals surface area contributed by atoms with Crippen LogP contribution in [0.25, 0.3) is 0 Å². The van der Waals surface area contributed by atoms with Crippen molar-refractivity contribution in [1.29, 1.82) is 0 Å². The topological polar surface area (TPSA) is 94.5 Å². The molecule has 1 unspecified atom stereocenters. The Balaban J connectivity index is 2.73. The van der Waals surface area contributed by atoms with Crippen molar-refractivity contribution in [2.45, 2.75) is 19.7 Å². The van der Waals surface area contributed by atoms with E-state index in [-0.39, 0.29) is 19.6 Å². The first-order valence-electron chi connectivity index (χ1n) is 4.23. The van der Waals surface area contributed by atoms with Crippen molar-refractivity contribution in [1.82, 2.24) is 0 Å². The molecule has 1 fully saturated rings. The van der Waals surface area contributed by atoms with Gasteiger partial charge in [0, 0.05) is 0 Å². The molecule has 0 amide bonds. The van der Waals surface area contributed by atoms with Crippen molar-refractivity contribution in [3.63, 3.8) is 0 Å². The maximum absolute atomic E-state index is 12.9. The van der Waals surface area contributed by atoms with Crippen LogP contribution in [-0.4, -0.2) is 29.4 Å². The van der Waals surface area contributed by atoms with Crippen LogP contribution in [0.4, 0.5) is 4.39 Å². The van der Waals surface area contributed by atoms with Crippen molar-refractivity contribution in [3.05, 3.63) is 0 Å². The molecule has 15 heavy (non-hydrogen) atoms. The van der Waals surface area contributed by atoms with Crippen LogP contribution in [0.3, 0.4) is 0 Å². The molecule has 2 N–H and O–H groups in total. The summed E-state index contributed by atoms with van der Waals surface area (Å²) in [5.41, 5.74) is 0. The van der Waals surface area contributed by atoms with Gasteiger partial charge in [-0.2, -0.15) is 0 Å². The Kier molecular flexibility index (Phi) is 4.58. The van der Waals surface area contributed by atoms with Gasteiger partial charge in [0.15, 0.2) is 0 Å². The number of hydrogen-bond acceptors (Lipinski definition) is 5. The number of hydrogen-bond donors (Lipinski definition) is 2. The standard InChI is InChI=1S/C5H13FO7P2/c1-2-10-15(13-14(7,8)9)11-4-3-5(6)12-15/h5,15H,2-4H2,1H3,(H2,7,8,9). The molecule has 10 heteroatoms. The first-order chi connectivity index (χ1) is 6.87. The van der Waals surface area contributed by atoms with Gasteiger partial charge in [-0.25, -0.2) is 0 Å². The van der Waals surface area contributed by atoms with E-state index in [1.807, 2.05) is 0 Å². The molecule has 0 saturated carbocycles. The Labute approximate surface area is 86.4 Å². The molecule has 1 saturated heterocycles. The van der Waals surface area contributed by atoms with Crippen LogP contribution in [0.15, 0.2) is 0 Å². The van der Waals surface area contributed by atoms with Gasteiger partial charge >= 0.3 is 85.5 Å². The van der Waals surface area contributed by atoms with Gasteiger partial charge in [0.1, 0.15) is 0 Å². The van der Waals surface area contributed by atoms with Gasteiger partial charge in [-0.1, -0.05) is 0 Å². The second-order valence-corrected chi connectivity index (χ2v) is 6.20. The van der Waals surface area contributed by atoms with E-state index in [2.05, 4.69) is 8.83 Å². The third-order valence-corrected chi connectivity index (χ3v) is 5.04. The molecular weight excluding hydrogens is 253 g/mol. The van der Waals surface area contributed by atoms with Gasteiger partial charge in [-0.15, -0.1) is 0 Å². The predicted molar refractivity (Wildman–Crippen MR) is 49.6 cm³/mol. The van der Waals surface area contributed by atoms with E-state index in [9.17, 15) is 8.96 Å². The summed E-state index contributed by atoms with van der Waals surface area (Å²) in [6.07, 6.45) is -1.71. The summed E-state index contributed by atoms with van der Waals surface area (Å²) in [4.78, 5) is 17.2. The molecule has 1 heterocycles. The number of rotatable bonds is 4. The van der Waals surface area contributed by atoms with Crippen LogP contribution >= 0.6 is 16.0 Å². The van der Waals surface area contributed by atoms with E-state index in [1.165, 1.54) is 0 Å². The Hall–Kier alpha value is 0.350. The van der Waals surface area contributed by atoms with Crippen molar-refractivity contribution < 1.29 is 36.6 Å². The van der Waals surface area contributed by atoms with Crippen LogP contribution < -0.4 is 0 Å². The molecule has 0 aromatic heterocycles. The van der Waals surface area contributed by atoms with E-state index in [0.717, 1.165) is 0 Å². The summed E-state index contributed by atoms with van der Waals surface area (Å²) >= 11 is 0. The SMILES string of the molecule is CCO[PH]1(OP(=O)(O)O)OCCC(F)O1. The van der Waals surface area contributed by atoms with Gasteiger partial charge in [0.2, 0.25) is 0 Å². The van der Waals surface area contributed by atoms with Crippen molar-refractivity contribution in [2.24, 2.45) is 0 Å². The zero-order valence-corrected chi connectivity index (χ0v) is 9.85. The van der Waals surface area contributed by atoms with Crippen LogP contribution in [0.2, 0.25) is 0 Å². The predicted octanol–water partition coefficient (Wildman–Crippen LogP) is 1.27. The Morgan fingerprint density at radius 1 is 1.67 bits per heavy atom. The average molecular weight is 266 g/mol. The van der Waals surface area contributed by atoms with E-state index in [4.69, 9.17) is 18.8 Å². The van der Waals surface area contributed by atoms with Gasteiger partial charge in [0.05, 0.1) is 0 Å². The molecule has 1 aliphatic rings. The van der Waals surface area contributed by atoms with E-state index >= 15 is 0 Å². The van der Waals surface area contributed by atoms with Crippen molar-refractivity contribution >= 4 is 16.0 Å². The summed E-state index contributed by atoms with van der Waals surface area (Å²) < 4.78 is 42.2. The molecule has 92 valence electrons. The molecule has 1 atom stereocenters. The van der Waals surface area contributed by atoms with Crippen molar-refractivity contribution in [3.8, 4) is 0 Å². The molecule has 0 radical (unpaired) electrons. The Bertz CT molecular complexity index is 254.